The molecule has 0 aromatic heterocycles. The van der Waals surface area contributed by atoms with Gasteiger partial charge in [-0.05, 0) is 0 Å². The van der Waals surface area contributed by atoms with Gasteiger partial charge < -0.3 is 0 Å². The Labute approximate surface area is 63.5 Å². The van der Waals surface area contributed by atoms with E-state index in [4.69, 9.17) is 4.74 Å². The summed E-state index contributed by atoms with van der Waals surface area (Å²) in [6, 6.07) is 0.376. The number of nitrogens with zero attached hydrogens (tertiary/aromatic N) is 1. The van der Waals surface area contributed by atoms with Crippen LogP contribution in [0.25, 0.3) is 0 Å². The predicted molar refractivity (Wildman–Crippen MR) is 37.8 cm³/mol. The van der Waals surface area contributed by atoms with Crippen molar-refractivity contribution in [3.05, 3.63) is 0 Å². The normalized spacial score (nSPS) is 26.1. The Kier molecular flexibility index (Phi) is 2.14. The van der Waals surface area contributed by atoms with Gasteiger partial charge in [0.05, 0.1) is 0 Å². The Bertz CT molecular complexity index is 133. The predicted octanol–water partition coefficient (Wildman–Crippen LogP) is 0.566. The van der Waals surface area contributed by atoms with Crippen LogP contribution in [0.1, 0.15) is 13.8 Å². The molecule has 0 bridgehead atoms. The van der Waals surface area contributed by atoms with Crippen LogP contribution in [0, 0.1) is 5.92 Å². The Hall–Kier alpha value is -0.0105. The van der Waals surface area contributed by atoms with E-state index in [9.17, 15) is 0 Å². The van der Waals surface area contributed by atoms with Gasteiger partial charge in [-0.2, -0.15) is 0 Å². The second-order valence-electron chi connectivity index (χ2n) is 2.52. The van der Waals surface area contributed by atoms with Crippen molar-refractivity contribution in [1.29, 1.82) is 0 Å². The van der Waals surface area contributed by atoms with Crippen molar-refractivity contribution in [2.45, 2.75) is 19.9 Å². The van der Waals surface area contributed by atoms with Crippen LogP contribution in [0.15, 0.2) is 4.99 Å². The molecular weight excluding hydrogens is 182 g/mol. The van der Waals surface area contributed by atoms with Gasteiger partial charge in [0.1, 0.15) is 0 Å². The summed E-state index contributed by atoms with van der Waals surface area (Å²) in [7, 11) is 0. The summed E-state index contributed by atoms with van der Waals surface area (Å²) in [6.45, 7) is 5.05. The minimum atomic E-state index is 0.376. The summed E-state index contributed by atoms with van der Waals surface area (Å²) < 4.78 is 5.12. The van der Waals surface area contributed by atoms with Gasteiger partial charge in [-0.3, -0.25) is 0 Å². The van der Waals surface area contributed by atoms with E-state index in [1.165, 1.54) is 0 Å². The molecule has 0 aliphatic carbocycles. The minimum absolute atomic E-state index is 0.376. The van der Waals surface area contributed by atoms with E-state index >= 15 is 0 Å². The molecule has 1 rings (SSSR count). The van der Waals surface area contributed by atoms with Crippen LogP contribution < -0.4 is 0 Å². The van der Waals surface area contributed by atoms with Crippen molar-refractivity contribution in [2.75, 3.05) is 6.61 Å². The van der Waals surface area contributed by atoms with Gasteiger partial charge in [0.2, 0.25) is 0 Å². The molecule has 0 amide bonds. The first kappa shape index (κ1) is 7.10. The van der Waals surface area contributed by atoms with Crippen molar-refractivity contribution >= 4 is 20.8 Å². The zero-order valence-corrected chi connectivity index (χ0v) is 7.34. The van der Waals surface area contributed by atoms with Crippen molar-refractivity contribution in [3.8, 4) is 0 Å². The van der Waals surface area contributed by atoms with Crippen LogP contribution in [0.3, 0.4) is 0 Å². The average Bonchev–Trinajstić information content (AvgIpc) is 2.14. The molecule has 0 aromatic rings. The molecule has 9 heavy (non-hydrogen) atoms. The molecule has 0 spiro atoms. The number of hydrogen-bond donors (Lipinski definition) is 0. The van der Waals surface area contributed by atoms with Crippen molar-refractivity contribution < 1.29 is 4.74 Å². The summed E-state index contributed by atoms with van der Waals surface area (Å²) in [5.41, 5.74) is 0. The van der Waals surface area contributed by atoms with Gasteiger partial charge >= 0.3 is 63.0 Å². The van der Waals surface area contributed by atoms with Gasteiger partial charge in [-0.1, -0.05) is 0 Å². The van der Waals surface area contributed by atoms with Gasteiger partial charge in [-0.15, -0.1) is 0 Å². The van der Waals surface area contributed by atoms with Gasteiger partial charge in [-0.25, -0.2) is 0 Å². The van der Waals surface area contributed by atoms with Crippen molar-refractivity contribution in [1.82, 2.24) is 0 Å². The number of ether oxygens (including phenoxy) is 1. The van der Waals surface area contributed by atoms with Gasteiger partial charge in [0.25, 0.3) is 0 Å². The fourth-order valence-corrected chi connectivity index (χ4v) is 1.13. The molecule has 1 aliphatic rings. The number of rotatable bonds is 1. The Morgan fingerprint density at radius 3 is 2.67 bits per heavy atom. The van der Waals surface area contributed by atoms with E-state index in [-0.39, 0.29) is 0 Å². The van der Waals surface area contributed by atoms with Crippen LogP contribution in [-0.4, -0.2) is 33.5 Å². The van der Waals surface area contributed by atoms with E-state index in [1.807, 2.05) is 0 Å². The summed E-state index contributed by atoms with van der Waals surface area (Å²) in [5, 5.41) is 0. The molecule has 0 radical (unpaired) electrons. The summed E-state index contributed by atoms with van der Waals surface area (Å²) in [5.74, 6) is 0.593. The maximum atomic E-state index is 5.12. The molecule has 0 saturated carbocycles. The van der Waals surface area contributed by atoms with Gasteiger partial charge in [0, 0.05) is 0 Å². The molecule has 52 valence electrons. The summed E-state index contributed by atoms with van der Waals surface area (Å²) >= 11 is 2.75. The molecule has 2 nitrogen and oxygen atoms in total. The Morgan fingerprint density at radius 2 is 2.44 bits per heavy atom. The first-order chi connectivity index (χ1) is 4.20. The molecule has 0 unspecified atom stereocenters. The van der Waals surface area contributed by atoms with E-state index in [2.05, 4.69) is 34.9 Å². The number of aliphatic imine (C=N–C) groups is 1. The molecular formula is C6H10NOSe-. The second kappa shape index (κ2) is 2.72. The quantitative estimate of drug-likeness (QED) is 0.439. The third-order valence-electron chi connectivity index (χ3n) is 1.42. The fraction of sp³-hybridized carbons (Fsp3) is 0.833. The molecule has 0 N–H and O–H groups in total. The molecule has 0 aromatic carbocycles. The topological polar surface area (TPSA) is 21.6 Å². The third-order valence-corrected chi connectivity index (χ3v) is 1.89. The zero-order chi connectivity index (χ0) is 6.85. The van der Waals surface area contributed by atoms with Crippen LogP contribution >= 0.6 is 0 Å². The monoisotopic (exact) mass is 193 g/mol. The van der Waals surface area contributed by atoms with E-state index in [1.54, 1.807) is 0 Å². The maximum absolute atomic E-state index is 5.12. The molecule has 3 heteroatoms. The van der Waals surface area contributed by atoms with Crippen molar-refractivity contribution in [3.63, 3.8) is 0 Å². The number of hydrogen-bond acceptors (Lipinski definition) is 2. The molecule has 1 aliphatic heterocycles. The zero-order valence-electron chi connectivity index (χ0n) is 5.63. The Morgan fingerprint density at radius 1 is 1.78 bits per heavy atom. The molecule has 1 atom stereocenters. The summed E-state index contributed by atoms with van der Waals surface area (Å²) in [6.07, 6.45) is 0. The van der Waals surface area contributed by atoms with E-state index in [0.717, 1.165) is 6.61 Å². The standard InChI is InChI=1S/C6H11NOSe/c1-4(2)5-3-8-6(9)7-5/h4-5H,3H2,1-2H3,(H,7,9)/p-1/t5-/m1/s1/i6+1. The molecule has 1 heterocycles. The van der Waals surface area contributed by atoms with Crippen molar-refractivity contribution in [2.24, 2.45) is 10.9 Å². The summed E-state index contributed by atoms with van der Waals surface area (Å²) in [4.78, 5) is 4.94. The average molecular weight is 192 g/mol. The second-order valence-corrected chi connectivity index (χ2v) is 3.25. The van der Waals surface area contributed by atoms with Crippen LogP contribution in [0.2, 0.25) is 0 Å². The molecule has 0 fully saturated rings. The first-order valence-corrected chi connectivity index (χ1v) is 3.93. The first-order valence-electron chi connectivity index (χ1n) is 3.08. The van der Waals surface area contributed by atoms with Crippen LogP contribution in [0.4, 0.5) is 0 Å². The SMILES string of the molecule is CC(C)[C@H]1CO[13C]([Se-])=N1. The van der Waals surface area contributed by atoms with E-state index < -0.39 is 0 Å². The van der Waals surface area contributed by atoms with Gasteiger partial charge in [0.15, 0.2) is 0 Å². The molecule has 0 saturated heterocycles. The van der Waals surface area contributed by atoms with Crippen LogP contribution in [0.5, 0.6) is 0 Å². The fourth-order valence-electron chi connectivity index (χ4n) is 0.708. The van der Waals surface area contributed by atoms with E-state index in [0.29, 0.717) is 16.8 Å². The van der Waals surface area contributed by atoms with Crippen LogP contribution in [-0.2, 0) is 4.74 Å². The third kappa shape index (κ3) is 1.70. The Balaban J connectivity index is 2.47.